The van der Waals surface area contributed by atoms with Gasteiger partial charge >= 0.3 is 0 Å². The minimum atomic E-state index is -0.386. The number of nitrogens with one attached hydrogen (secondary N) is 1. The van der Waals surface area contributed by atoms with Gasteiger partial charge in [-0.2, -0.15) is 0 Å². The molecule has 1 heterocycles. The van der Waals surface area contributed by atoms with Crippen molar-refractivity contribution in [1.82, 2.24) is 5.43 Å². The summed E-state index contributed by atoms with van der Waals surface area (Å²) in [4.78, 5) is 27.1. The molecule has 3 rings (SSSR count). The highest BCUT2D eigenvalue weighted by Crippen LogP contribution is 2.24. The highest BCUT2D eigenvalue weighted by atomic mass is 16.2. The normalized spacial score (nSPS) is 15.5. The van der Waals surface area contributed by atoms with E-state index in [0.717, 1.165) is 28.9 Å². The first kappa shape index (κ1) is 17.7. The predicted octanol–water partition coefficient (Wildman–Crippen LogP) is 3.22. The van der Waals surface area contributed by atoms with Crippen molar-refractivity contribution in [3.8, 4) is 0 Å². The van der Waals surface area contributed by atoms with Gasteiger partial charge in [0.25, 0.3) is 11.8 Å². The topological polar surface area (TPSA) is 52.7 Å². The molecule has 0 radical (unpaired) electrons. The van der Waals surface area contributed by atoms with E-state index >= 15 is 0 Å². The van der Waals surface area contributed by atoms with Gasteiger partial charge in [-0.1, -0.05) is 18.2 Å². The summed E-state index contributed by atoms with van der Waals surface area (Å²) in [5.74, 6) is -0.726. The number of anilines is 2. The quantitative estimate of drug-likeness (QED) is 0.681. The lowest BCUT2D eigenvalue weighted by molar-refractivity contribution is -0.117. The highest BCUT2D eigenvalue weighted by Gasteiger charge is 2.34. The number of aryl methyl sites for hydroxylation is 2. The molecule has 0 unspecified atom stereocenters. The molecule has 0 aromatic heterocycles. The summed E-state index contributed by atoms with van der Waals surface area (Å²) in [6, 6.07) is 13.4. The Kier molecular flexibility index (Phi) is 4.80. The van der Waals surface area contributed by atoms with Gasteiger partial charge in [0.1, 0.15) is 5.57 Å². The van der Waals surface area contributed by atoms with E-state index in [-0.39, 0.29) is 17.4 Å². The SMILES string of the molecule is CCN(C)c1ccc(C=C2C(=O)NN(c3ccc(C)c(C)c3)C2=O)cc1. The Morgan fingerprint density at radius 1 is 1.04 bits per heavy atom. The molecule has 0 bridgehead atoms. The van der Waals surface area contributed by atoms with Gasteiger partial charge in [0, 0.05) is 19.3 Å². The Bertz CT molecular complexity index is 885. The number of amides is 2. The van der Waals surface area contributed by atoms with Gasteiger partial charge in [0.2, 0.25) is 0 Å². The third-order valence-corrected chi connectivity index (χ3v) is 4.76. The molecule has 0 aliphatic carbocycles. The lowest BCUT2D eigenvalue weighted by Crippen LogP contribution is -2.35. The predicted molar refractivity (Wildman–Crippen MR) is 105 cm³/mol. The van der Waals surface area contributed by atoms with E-state index in [1.165, 1.54) is 5.01 Å². The van der Waals surface area contributed by atoms with Crippen LogP contribution in [0, 0.1) is 13.8 Å². The molecule has 0 spiro atoms. The highest BCUT2D eigenvalue weighted by molar-refractivity contribution is 6.31. The Hall–Kier alpha value is -3.08. The van der Waals surface area contributed by atoms with Crippen LogP contribution in [0.5, 0.6) is 0 Å². The Balaban J connectivity index is 1.86. The van der Waals surface area contributed by atoms with E-state index in [1.54, 1.807) is 6.08 Å². The largest absolute Gasteiger partial charge is 0.375 e. The lowest BCUT2D eigenvalue weighted by atomic mass is 10.1. The van der Waals surface area contributed by atoms with E-state index in [0.29, 0.717) is 5.69 Å². The van der Waals surface area contributed by atoms with Crippen LogP contribution in [0.2, 0.25) is 0 Å². The van der Waals surface area contributed by atoms with Crippen LogP contribution in [0.25, 0.3) is 6.08 Å². The van der Waals surface area contributed by atoms with E-state index in [2.05, 4.69) is 17.2 Å². The van der Waals surface area contributed by atoms with Crippen molar-refractivity contribution in [2.75, 3.05) is 23.5 Å². The van der Waals surface area contributed by atoms with Crippen molar-refractivity contribution in [3.05, 3.63) is 64.7 Å². The number of carbonyl (C=O) groups is 2. The number of rotatable bonds is 4. The van der Waals surface area contributed by atoms with Crippen LogP contribution in [0.15, 0.2) is 48.0 Å². The van der Waals surface area contributed by atoms with Crippen molar-refractivity contribution in [2.45, 2.75) is 20.8 Å². The van der Waals surface area contributed by atoms with Crippen molar-refractivity contribution < 1.29 is 9.59 Å². The molecule has 1 N–H and O–H groups in total. The zero-order valence-corrected chi connectivity index (χ0v) is 15.5. The van der Waals surface area contributed by atoms with Crippen molar-refractivity contribution in [2.24, 2.45) is 0 Å². The first-order valence-electron chi connectivity index (χ1n) is 8.66. The number of nitrogens with zero attached hydrogens (tertiary/aromatic N) is 2. The van der Waals surface area contributed by atoms with E-state index in [4.69, 9.17) is 0 Å². The zero-order chi connectivity index (χ0) is 18.8. The molecule has 5 heteroatoms. The monoisotopic (exact) mass is 349 g/mol. The van der Waals surface area contributed by atoms with Gasteiger partial charge in [-0.25, -0.2) is 5.01 Å². The molecule has 1 aliphatic heterocycles. The number of hydrazine groups is 1. The Morgan fingerprint density at radius 3 is 2.35 bits per heavy atom. The summed E-state index contributed by atoms with van der Waals surface area (Å²) in [7, 11) is 2.02. The molecule has 5 nitrogen and oxygen atoms in total. The van der Waals surface area contributed by atoms with Crippen molar-refractivity contribution >= 4 is 29.3 Å². The van der Waals surface area contributed by atoms with Gasteiger partial charge in [-0.15, -0.1) is 0 Å². The van der Waals surface area contributed by atoms with Crippen LogP contribution in [0.4, 0.5) is 11.4 Å². The van der Waals surface area contributed by atoms with Crippen LogP contribution < -0.4 is 15.3 Å². The summed E-state index contributed by atoms with van der Waals surface area (Å²) in [5, 5.41) is 1.31. The fourth-order valence-electron chi connectivity index (χ4n) is 2.78. The van der Waals surface area contributed by atoms with Crippen LogP contribution >= 0.6 is 0 Å². The minimum absolute atomic E-state index is 0.139. The standard InChI is InChI=1S/C21H23N3O2/c1-5-23(4)17-10-7-16(8-11-17)13-19-20(25)22-24(21(19)26)18-9-6-14(2)15(3)12-18/h6-13H,5H2,1-4H3,(H,22,25). The zero-order valence-electron chi connectivity index (χ0n) is 15.5. The van der Waals surface area contributed by atoms with E-state index in [1.807, 2.05) is 63.4 Å². The first-order chi connectivity index (χ1) is 12.4. The second kappa shape index (κ2) is 7.04. The third kappa shape index (κ3) is 3.33. The Morgan fingerprint density at radius 2 is 1.73 bits per heavy atom. The fraction of sp³-hybridized carbons (Fsp3) is 0.238. The van der Waals surface area contributed by atoms with Crippen LogP contribution in [-0.4, -0.2) is 25.4 Å². The molecule has 2 aromatic carbocycles. The number of carbonyl (C=O) groups excluding carboxylic acids is 2. The molecule has 2 amide bonds. The van der Waals surface area contributed by atoms with Gasteiger partial charge in [-0.05, 0) is 67.8 Å². The maximum atomic E-state index is 12.7. The maximum Gasteiger partial charge on any atom is 0.282 e. The molecule has 134 valence electrons. The second-order valence-electron chi connectivity index (χ2n) is 6.51. The maximum absolute atomic E-state index is 12.7. The van der Waals surface area contributed by atoms with Gasteiger partial charge in [-0.3, -0.25) is 15.0 Å². The summed E-state index contributed by atoms with van der Waals surface area (Å²) < 4.78 is 0. The summed E-state index contributed by atoms with van der Waals surface area (Å²) >= 11 is 0. The fourth-order valence-corrected chi connectivity index (χ4v) is 2.78. The molecule has 2 aromatic rings. The van der Waals surface area contributed by atoms with Crippen molar-refractivity contribution in [1.29, 1.82) is 0 Å². The molecule has 0 saturated carbocycles. The van der Waals surface area contributed by atoms with Crippen LogP contribution in [0.1, 0.15) is 23.6 Å². The smallest absolute Gasteiger partial charge is 0.282 e. The molecule has 1 saturated heterocycles. The first-order valence-corrected chi connectivity index (χ1v) is 8.66. The second-order valence-corrected chi connectivity index (χ2v) is 6.51. The molecular weight excluding hydrogens is 326 g/mol. The summed E-state index contributed by atoms with van der Waals surface area (Å²) in [6.07, 6.45) is 1.63. The molecule has 1 aliphatic rings. The summed E-state index contributed by atoms with van der Waals surface area (Å²) in [6.45, 7) is 6.98. The minimum Gasteiger partial charge on any atom is -0.375 e. The number of hydrogen-bond donors (Lipinski definition) is 1. The third-order valence-electron chi connectivity index (χ3n) is 4.76. The molecule has 26 heavy (non-hydrogen) atoms. The average molecular weight is 349 g/mol. The Labute approximate surface area is 153 Å². The average Bonchev–Trinajstić information content (AvgIpc) is 2.92. The van der Waals surface area contributed by atoms with Crippen LogP contribution in [-0.2, 0) is 9.59 Å². The number of benzene rings is 2. The van der Waals surface area contributed by atoms with Gasteiger partial charge in [0.15, 0.2) is 0 Å². The molecule has 1 fully saturated rings. The van der Waals surface area contributed by atoms with Crippen LogP contribution in [0.3, 0.4) is 0 Å². The van der Waals surface area contributed by atoms with E-state index < -0.39 is 0 Å². The van der Waals surface area contributed by atoms with E-state index in [9.17, 15) is 9.59 Å². The number of hydrogen-bond acceptors (Lipinski definition) is 3. The van der Waals surface area contributed by atoms with Gasteiger partial charge in [0.05, 0.1) is 5.69 Å². The van der Waals surface area contributed by atoms with Crippen molar-refractivity contribution in [3.63, 3.8) is 0 Å². The lowest BCUT2D eigenvalue weighted by Gasteiger charge is -2.16. The van der Waals surface area contributed by atoms with Gasteiger partial charge < -0.3 is 4.90 Å². The summed E-state index contributed by atoms with van der Waals surface area (Å²) in [5.41, 5.74) is 7.56. The molecular formula is C21H23N3O2. The molecule has 0 atom stereocenters.